The van der Waals surface area contributed by atoms with Crippen molar-refractivity contribution in [1.29, 1.82) is 0 Å². The zero-order valence-corrected chi connectivity index (χ0v) is 20.7. The molecule has 0 aliphatic carbocycles. The number of methoxy groups -OCH3 is 1. The van der Waals surface area contributed by atoms with Gasteiger partial charge >= 0.3 is 23.9 Å². The molecule has 2 aromatic rings. The van der Waals surface area contributed by atoms with Crippen LogP contribution in [0.4, 0.5) is 0 Å². The van der Waals surface area contributed by atoms with Crippen LogP contribution in [0.25, 0.3) is 0 Å². The Balaban J connectivity index is 1.81. The van der Waals surface area contributed by atoms with E-state index in [2.05, 4.69) is 4.74 Å². The van der Waals surface area contributed by atoms with Crippen molar-refractivity contribution in [3.8, 4) is 5.75 Å². The molecule has 0 radical (unpaired) electrons. The lowest BCUT2D eigenvalue weighted by atomic mass is 10.1. The molecular formula is C26H30O11. The molecule has 2 unspecified atom stereocenters. The van der Waals surface area contributed by atoms with Gasteiger partial charge in [-0.25, -0.2) is 19.2 Å². The number of aromatic hydroxyl groups is 1. The SMILES string of the molecule is COC(=O)c1cc(O)cc(C(=O)OCC(O)COC(=O)c2ccc(C(=O)OCC(O)CC(C)C)cc2)c1. The van der Waals surface area contributed by atoms with Crippen molar-refractivity contribution >= 4 is 23.9 Å². The van der Waals surface area contributed by atoms with Crippen LogP contribution >= 0.6 is 0 Å². The predicted octanol–water partition coefficient (Wildman–Crippen LogP) is 2.12. The van der Waals surface area contributed by atoms with Crippen molar-refractivity contribution < 1.29 is 53.4 Å². The van der Waals surface area contributed by atoms with E-state index in [9.17, 15) is 34.5 Å². The van der Waals surface area contributed by atoms with Crippen LogP contribution in [0, 0.1) is 5.92 Å². The van der Waals surface area contributed by atoms with E-state index in [4.69, 9.17) is 14.2 Å². The molecule has 0 bridgehead atoms. The maximum atomic E-state index is 12.2. The number of phenolic OH excluding ortho intramolecular Hbond substituents is 1. The molecule has 0 aliphatic rings. The van der Waals surface area contributed by atoms with Crippen molar-refractivity contribution in [3.05, 3.63) is 64.7 Å². The maximum absolute atomic E-state index is 12.2. The second kappa shape index (κ2) is 14.0. The van der Waals surface area contributed by atoms with Gasteiger partial charge in [-0.05, 0) is 54.8 Å². The van der Waals surface area contributed by atoms with E-state index in [1.54, 1.807) is 0 Å². The molecule has 200 valence electrons. The van der Waals surface area contributed by atoms with E-state index in [1.807, 2.05) is 13.8 Å². The van der Waals surface area contributed by atoms with Gasteiger partial charge in [0, 0.05) is 0 Å². The summed E-state index contributed by atoms with van der Waals surface area (Å²) < 4.78 is 19.5. The fourth-order valence-electron chi connectivity index (χ4n) is 3.13. The van der Waals surface area contributed by atoms with E-state index in [-0.39, 0.29) is 40.5 Å². The second-order valence-electron chi connectivity index (χ2n) is 8.57. The Bertz CT molecular complexity index is 1090. The van der Waals surface area contributed by atoms with Gasteiger partial charge < -0.3 is 34.3 Å². The lowest BCUT2D eigenvalue weighted by Crippen LogP contribution is -2.25. The molecule has 37 heavy (non-hydrogen) atoms. The van der Waals surface area contributed by atoms with Gasteiger partial charge in [0.05, 0.1) is 35.5 Å². The number of aliphatic hydroxyl groups is 2. The molecule has 0 saturated carbocycles. The highest BCUT2D eigenvalue weighted by atomic mass is 16.6. The van der Waals surface area contributed by atoms with E-state index in [0.29, 0.717) is 6.42 Å². The molecule has 2 rings (SSSR count). The normalized spacial score (nSPS) is 12.4. The first-order valence-corrected chi connectivity index (χ1v) is 11.4. The lowest BCUT2D eigenvalue weighted by molar-refractivity contribution is -0.00473. The standard InChI is InChI=1S/C26H30O11/c1-15(2)8-21(28)12-35-24(31)16-4-6-17(7-5-16)25(32)36-13-22(29)14-37-26(33)19-9-18(23(30)34-3)10-20(27)11-19/h4-7,9-11,15,21-22,27-29H,8,12-14H2,1-3H3. The number of esters is 4. The number of hydrogen-bond donors (Lipinski definition) is 3. The van der Waals surface area contributed by atoms with Crippen LogP contribution in [0.3, 0.4) is 0 Å². The van der Waals surface area contributed by atoms with E-state index < -0.39 is 49.3 Å². The molecule has 11 nitrogen and oxygen atoms in total. The highest BCUT2D eigenvalue weighted by molar-refractivity contribution is 5.96. The summed E-state index contributed by atoms with van der Waals surface area (Å²) >= 11 is 0. The zero-order chi connectivity index (χ0) is 27.5. The molecule has 2 aromatic carbocycles. The monoisotopic (exact) mass is 518 g/mol. The quantitative estimate of drug-likeness (QED) is 0.278. The third kappa shape index (κ3) is 9.54. The van der Waals surface area contributed by atoms with Crippen molar-refractivity contribution in [2.45, 2.75) is 32.5 Å². The molecule has 0 heterocycles. The first-order chi connectivity index (χ1) is 17.5. The van der Waals surface area contributed by atoms with Gasteiger partial charge in [0.25, 0.3) is 0 Å². The van der Waals surface area contributed by atoms with Gasteiger partial charge in [0.1, 0.15) is 31.7 Å². The Labute approximate surface area is 213 Å². The number of phenols is 1. The van der Waals surface area contributed by atoms with Crippen molar-refractivity contribution in [1.82, 2.24) is 0 Å². The molecular weight excluding hydrogens is 488 g/mol. The van der Waals surface area contributed by atoms with Crippen molar-refractivity contribution in [2.75, 3.05) is 26.9 Å². The highest BCUT2D eigenvalue weighted by Gasteiger charge is 2.18. The molecule has 2 atom stereocenters. The Morgan fingerprint density at radius 3 is 1.51 bits per heavy atom. The van der Waals surface area contributed by atoms with Gasteiger partial charge in [-0.2, -0.15) is 0 Å². The minimum absolute atomic E-state index is 0.0630. The van der Waals surface area contributed by atoms with Crippen LogP contribution in [0.1, 0.15) is 61.7 Å². The molecule has 0 saturated heterocycles. The summed E-state index contributed by atoms with van der Waals surface area (Å²) in [4.78, 5) is 48.1. The maximum Gasteiger partial charge on any atom is 0.338 e. The predicted molar refractivity (Wildman–Crippen MR) is 128 cm³/mol. The first kappa shape index (κ1) is 29.3. The van der Waals surface area contributed by atoms with Gasteiger partial charge in [0.2, 0.25) is 0 Å². The average molecular weight is 519 g/mol. The third-order valence-corrected chi connectivity index (χ3v) is 4.89. The molecule has 0 amide bonds. The minimum Gasteiger partial charge on any atom is -0.508 e. The van der Waals surface area contributed by atoms with Crippen molar-refractivity contribution in [2.24, 2.45) is 5.92 Å². The fraction of sp³-hybridized carbons (Fsp3) is 0.385. The number of aliphatic hydroxyl groups excluding tert-OH is 2. The van der Waals surface area contributed by atoms with Gasteiger partial charge in [-0.1, -0.05) is 13.8 Å². The number of hydrogen-bond acceptors (Lipinski definition) is 11. The largest absolute Gasteiger partial charge is 0.508 e. The molecule has 0 aromatic heterocycles. The summed E-state index contributed by atoms with van der Waals surface area (Å²) in [6.45, 7) is 2.73. The zero-order valence-electron chi connectivity index (χ0n) is 20.7. The minimum atomic E-state index is -1.35. The Kier molecular flexibility index (Phi) is 11.0. The Morgan fingerprint density at radius 1 is 0.676 bits per heavy atom. The second-order valence-corrected chi connectivity index (χ2v) is 8.57. The number of rotatable bonds is 12. The fourth-order valence-corrected chi connectivity index (χ4v) is 3.13. The van der Waals surface area contributed by atoms with Crippen molar-refractivity contribution in [3.63, 3.8) is 0 Å². The van der Waals surface area contributed by atoms with Gasteiger partial charge in [-0.3, -0.25) is 0 Å². The van der Waals surface area contributed by atoms with Crippen LogP contribution in [0.5, 0.6) is 5.75 Å². The van der Waals surface area contributed by atoms with Crippen LogP contribution < -0.4 is 0 Å². The summed E-state index contributed by atoms with van der Waals surface area (Å²) in [7, 11) is 1.15. The first-order valence-electron chi connectivity index (χ1n) is 11.4. The Morgan fingerprint density at radius 2 is 1.08 bits per heavy atom. The number of carbonyl (C=O) groups is 4. The summed E-state index contributed by atoms with van der Waals surface area (Å²) in [5.41, 5.74) is 0.0859. The van der Waals surface area contributed by atoms with E-state index in [0.717, 1.165) is 25.3 Å². The molecule has 11 heteroatoms. The molecule has 0 spiro atoms. The highest BCUT2D eigenvalue weighted by Crippen LogP contribution is 2.18. The molecule has 0 fully saturated rings. The van der Waals surface area contributed by atoms with Crippen LogP contribution in [0.15, 0.2) is 42.5 Å². The smallest absolute Gasteiger partial charge is 0.338 e. The average Bonchev–Trinajstić information content (AvgIpc) is 2.87. The van der Waals surface area contributed by atoms with Crippen LogP contribution in [0.2, 0.25) is 0 Å². The number of benzene rings is 2. The van der Waals surface area contributed by atoms with E-state index >= 15 is 0 Å². The molecule has 0 aliphatic heterocycles. The van der Waals surface area contributed by atoms with Gasteiger partial charge in [-0.15, -0.1) is 0 Å². The third-order valence-electron chi connectivity index (χ3n) is 4.89. The van der Waals surface area contributed by atoms with Crippen LogP contribution in [-0.2, 0) is 18.9 Å². The van der Waals surface area contributed by atoms with Crippen LogP contribution in [-0.4, -0.2) is 78.3 Å². The van der Waals surface area contributed by atoms with E-state index in [1.165, 1.54) is 24.3 Å². The van der Waals surface area contributed by atoms with Gasteiger partial charge in [0.15, 0.2) is 0 Å². The topological polar surface area (TPSA) is 166 Å². The summed E-state index contributed by atoms with van der Waals surface area (Å²) in [5, 5.41) is 29.5. The molecule has 3 N–H and O–H groups in total. The lowest BCUT2D eigenvalue weighted by Gasteiger charge is -2.13. The Hall–Kier alpha value is -3.96. The number of ether oxygens (including phenoxy) is 4. The summed E-state index contributed by atoms with van der Waals surface area (Å²) in [5.74, 6) is -3.22. The summed E-state index contributed by atoms with van der Waals surface area (Å²) in [6, 6.07) is 8.77. The number of carbonyl (C=O) groups excluding carboxylic acids is 4. The summed E-state index contributed by atoms with van der Waals surface area (Å²) in [6.07, 6.45) is -1.62.